The number of fused-ring (bicyclic) bond motifs is 1. The van der Waals surface area contributed by atoms with E-state index in [1.54, 1.807) is 0 Å². The van der Waals surface area contributed by atoms with Crippen LogP contribution in [0.15, 0.2) is 52.9 Å². The highest BCUT2D eigenvalue weighted by Crippen LogP contribution is 2.30. The van der Waals surface area contributed by atoms with E-state index in [9.17, 15) is 9.59 Å². The van der Waals surface area contributed by atoms with Crippen molar-refractivity contribution in [1.82, 2.24) is 14.1 Å². The van der Waals surface area contributed by atoms with Gasteiger partial charge >= 0.3 is 0 Å². The van der Waals surface area contributed by atoms with Crippen LogP contribution >= 0.6 is 11.3 Å². The standard InChI is InChI=1S/C21H19N3O2S/c1-13-9-16(14(2)23(13)3)18(25)10-24-12-22-20-19(21(24)26)17(11-27-20)15-7-5-4-6-8-15/h4-9,11-12H,10H2,1-3H3. The van der Waals surface area contributed by atoms with Crippen LogP contribution in [-0.2, 0) is 13.6 Å². The lowest BCUT2D eigenvalue weighted by molar-refractivity contribution is 0.0970. The van der Waals surface area contributed by atoms with Gasteiger partial charge in [0.25, 0.3) is 5.56 Å². The second-order valence-corrected chi connectivity index (χ2v) is 7.50. The average Bonchev–Trinajstić information content (AvgIpc) is 3.22. The van der Waals surface area contributed by atoms with Crippen molar-refractivity contribution in [2.45, 2.75) is 20.4 Å². The fraction of sp³-hybridized carbons (Fsp3) is 0.190. The lowest BCUT2D eigenvalue weighted by Crippen LogP contribution is -2.24. The van der Waals surface area contributed by atoms with E-state index in [1.165, 1.54) is 22.2 Å². The number of hydrogen-bond acceptors (Lipinski definition) is 4. The van der Waals surface area contributed by atoms with Gasteiger partial charge in [0.15, 0.2) is 5.78 Å². The van der Waals surface area contributed by atoms with Gasteiger partial charge in [0, 0.05) is 34.9 Å². The second-order valence-electron chi connectivity index (χ2n) is 6.64. The van der Waals surface area contributed by atoms with Crippen LogP contribution in [0.3, 0.4) is 0 Å². The van der Waals surface area contributed by atoms with Crippen molar-refractivity contribution in [2.75, 3.05) is 0 Å². The Labute approximate surface area is 160 Å². The first-order valence-corrected chi connectivity index (χ1v) is 9.53. The molecule has 0 aliphatic heterocycles. The van der Waals surface area contributed by atoms with E-state index in [0.29, 0.717) is 15.8 Å². The molecular weight excluding hydrogens is 358 g/mol. The fourth-order valence-corrected chi connectivity index (χ4v) is 4.19. The number of rotatable bonds is 4. The number of thiophene rings is 1. The van der Waals surface area contributed by atoms with Gasteiger partial charge in [-0.2, -0.15) is 0 Å². The van der Waals surface area contributed by atoms with Crippen molar-refractivity contribution in [1.29, 1.82) is 0 Å². The molecule has 4 rings (SSSR count). The monoisotopic (exact) mass is 377 g/mol. The number of benzene rings is 1. The van der Waals surface area contributed by atoms with Gasteiger partial charge in [-0.15, -0.1) is 11.3 Å². The predicted molar refractivity (Wildman–Crippen MR) is 109 cm³/mol. The largest absolute Gasteiger partial charge is 0.351 e. The molecule has 0 amide bonds. The SMILES string of the molecule is Cc1cc(C(=O)Cn2cnc3scc(-c4ccccc4)c3c2=O)c(C)n1C. The van der Waals surface area contributed by atoms with Crippen molar-refractivity contribution < 1.29 is 4.79 Å². The minimum atomic E-state index is -0.182. The molecule has 3 aromatic heterocycles. The summed E-state index contributed by atoms with van der Waals surface area (Å²) >= 11 is 1.44. The van der Waals surface area contributed by atoms with E-state index in [2.05, 4.69) is 4.98 Å². The maximum absolute atomic E-state index is 13.1. The third-order valence-corrected chi connectivity index (χ3v) is 5.92. The Morgan fingerprint density at radius 1 is 1.19 bits per heavy atom. The summed E-state index contributed by atoms with van der Waals surface area (Å²) in [4.78, 5) is 31.0. The van der Waals surface area contributed by atoms with E-state index >= 15 is 0 Å². The van der Waals surface area contributed by atoms with Gasteiger partial charge in [0.2, 0.25) is 0 Å². The predicted octanol–water partition coefficient (Wildman–Crippen LogP) is 3.96. The minimum absolute atomic E-state index is 0.0177. The topological polar surface area (TPSA) is 56.9 Å². The summed E-state index contributed by atoms with van der Waals surface area (Å²) in [5.74, 6) is -0.0871. The Hall–Kier alpha value is -2.99. The molecule has 136 valence electrons. The second kappa shape index (κ2) is 6.63. The average molecular weight is 377 g/mol. The number of carbonyl (C=O) groups excluding carboxylic acids is 1. The molecule has 0 atom stereocenters. The van der Waals surface area contributed by atoms with Gasteiger partial charge in [0.05, 0.1) is 18.3 Å². The number of nitrogens with zero attached hydrogens (tertiary/aromatic N) is 3. The number of aryl methyl sites for hydroxylation is 1. The quantitative estimate of drug-likeness (QED) is 0.506. The first-order valence-electron chi connectivity index (χ1n) is 8.65. The molecule has 5 nitrogen and oxygen atoms in total. The number of carbonyl (C=O) groups is 1. The summed E-state index contributed by atoms with van der Waals surface area (Å²) in [5, 5.41) is 2.52. The number of ketones is 1. The smallest absolute Gasteiger partial charge is 0.263 e. The lowest BCUT2D eigenvalue weighted by Gasteiger charge is -2.06. The van der Waals surface area contributed by atoms with Crippen LogP contribution in [0.25, 0.3) is 21.3 Å². The van der Waals surface area contributed by atoms with Crippen LogP contribution in [0.1, 0.15) is 21.7 Å². The third kappa shape index (κ3) is 2.92. The molecule has 4 aromatic rings. The van der Waals surface area contributed by atoms with E-state index in [4.69, 9.17) is 0 Å². The van der Waals surface area contributed by atoms with Crippen LogP contribution in [0.5, 0.6) is 0 Å². The summed E-state index contributed by atoms with van der Waals surface area (Å²) in [6, 6.07) is 11.6. The highest BCUT2D eigenvalue weighted by molar-refractivity contribution is 7.17. The van der Waals surface area contributed by atoms with Crippen molar-refractivity contribution in [2.24, 2.45) is 7.05 Å². The summed E-state index contributed by atoms with van der Waals surface area (Å²) in [6.45, 7) is 3.86. The zero-order valence-electron chi connectivity index (χ0n) is 15.4. The number of Topliss-reactive ketones (excluding diaryl/α,β-unsaturated/α-hetero) is 1. The number of hydrogen-bond donors (Lipinski definition) is 0. The lowest BCUT2D eigenvalue weighted by atomic mass is 10.1. The molecule has 6 heteroatoms. The molecule has 0 spiro atoms. The van der Waals surface area contributed by atoms with Gasteiger partial charge in [-0.25, -0.2) is 4.98 Å². The highest BCUT2D eigenvalue weighted by atomic mass is 32.1. The molecule has 0 aliphatic rings. The zero-order valence-corrected chi connectivity index (χ0v) is 16.2. The first kappa shape index (κ1) is 17.4. The van der Waals surface area contributed by atoms with Crippen LogP contribution in [-0.4, -0.2) is 19.9 Å². The maximum Gasteiger partial charge on any atom is 0.263 e. The van der Waals surface area contributed by atoms with Gasteiger partial charge in [-0.3, -0.25) is 14.2 Å². The highest BCUT2D eigenvalue weighted by Gasteiger charge is 2.18. The Kier molecular flexibility index (Phi) is 4.28. The molecule has 0 fully saturated rings. The Bertz CT molecular complexity index is 1220. The molecule has 0 radical (unpaired) electrons. The third-order valence-electron chi connectivity index (χ3n) is 5.04. The molecule has 0 aliphatic carbocycles. The molecular formula is C21H19N3O2S. The van der Waals surface area contributed by atoms with Crippen molar-refractivity contribution in [3.63, 3.8) is 0 Å². The van der Waals surface area contributed by atoms with Crippen molar-refractivity contribution >= 4 is 27.3 Å². The van der Waals surface area contributed by atoms with Crippen LogP contribution in [0, 0.1) is 13.8 Å². The minimum Gasteiger partial charge on any atom is -0.351 e. The molecule has 0 unspecified atom stereocenters. The van der Waals surface area contributed by atoms with Gasteiger partial charge in [-0.05, 0) is 25.5 Å². The molecule has 3 heterocycles. The normalized spacial score (nSPS) is 11.2. The van der Waals surface area contributed by atoms with E-state index in [-0.39, 0.29) is 17.9 Å². The van der Waals surface area contributed by atoms with Crippen LogP contribution in [0.2, 0.25) is 0 Å². The van der Waals surface area contributed by atoms with Crippen LogP contribution < -0.4 is 5.56 Å². The van der Waals surface area contributed by atoms with Gasteiger partial charge in [-0.1, -0.05) is 30.3 Å². The molecule has 0 bridgehead atoms. The first-order chi connectivity index (χ1) is 13.0. The Morgan fingerprint density at radius 2 is 1.93 bits per heavy atom. The summed E-state index contributed by atoms with van der Waals surface area (Å²) < 4.78 is 3.38. The zero-order chi connectivity index (χ0) is 19.1. The summed E-state index contributed by atoms with van der Waals surface area (Å²) in [5.41, 5.74) is 4.22. The van der Waals surface area contributed by atoms with Gasteiger partial charge in [0.1, 0.15) is 4.83 Å². The molecule has 0 N–H and O–H groups in total. The van der Waals surface area contributed by atoms with Crippen LogP contribution in [0.4, 0.5) is 0 Å². The van der Waals surface area contributed by atoms with Crippen molar-refractivity contribution in [3.05, 3.63) is 75.4 Å². The van der Waals surface area contributed by atoms with Crippen molar-refractivity contribution in [3.8, 4) is 11.1 Å². The Morgan fingerprint density at radius 3 is 2.59 bits per heavy atom. The molecule has 0 saturated heterocycles. The fourth-order valence-electron chi connectivity index (χ4n) is 3.29. The Balaban J connectivity index is 1.77. The molecule has 1 aromatic carbocycles. The summed E-state index contributed by atoms with van der Waals surface area (Å²) in [6.07, 6.45) is 1.47. The van der Waals surface area contributed by atoms with E-state index in [0.717, 1.165) is 22.5 Å². The number of aromatic nitrogens is 3. The van der Waals surface area contributed by atoms with Gasteiger partial charge < -0.3 is 4.57 Å². The molecule has 27 heavy (non-hydrogen) atoms. The molecule has 0 saturated carbocycles. The van der Waals surface area contributed by atoms with E-state index in [1.807, 2.05) is 67.2 Å². The maximum atomic E-state index is 13.1. The summed E-state index contributed by atoms with van der Waals surface area (Å²) in [7, 11) is 1.93. The van der Waals surface area contributed by atoms with E-state index < -0.39 is 0 Å².